The maximum Gasteiger partial charge on any atom is 0.336 e. The minimum absolute atomic E-state index is 0.0247. The molecular weight excluding hydrogens is 302 g/mol. The van der Waals surface area contributed by atoms with E-state index < -0.39 is 5.41 Å². The van der Waals surface area contributed by atoms with Gasteiger partial charge >= 0.3 is 5.63 Å². The van der Waals surface area contributed by atoms with Gasteiger partial charge in [0.25, 0.3) is 0 Å². The molecule has 1 fully saturated rings. The number of benzene rings is 2. The summed E-state index contributed by atoms with van der Waals surface area (Å²) in [5.74, 6) is 0.0247. The first-order chi connectivity index (χ1) is 11.7. The molecule has 1 aliphatic carbocycles. The van der Waals surface area contributed by atoms with E-state index in [9.17, 15) is 9.59 Å². The van der Waals surface area contributed by atoms with Gasteiger partial charge in [-0.2, -0.15) is 0 Å². The minimum atomic E-state index is -0.431. The number of nitrogens with one attached hydrogen (secondary N) is 1. The number of amides is 1. The van der Waals surface area contributed by atoms with Gasteiger partial charge in [0.2, 0.25) is 5.91 Å². The van der Waals surface area contributed by atoms with E-state index in [1.807, 2.05) is 36.4 Å². The predicted molar refractivity (Wildman–Crippen MR) is 93.1 cm³/mol. The third-order valence-electron chi connectivity index (χ3n) is 4.85. The van der Waals surface area contributed by atoms with Gasteiger partial charge in [-0.25, -0.2) is 4.79 Å². The molecule has 120 valence electrons. The SMILES string of the molecule is O=C(Nc1ccc2oc(=O)ccc2c1)C1(c2ccccc2)CCC1. The van der Waals surface area contributed by atoms with Gasteiger partial charge in [-0.1, -0.05) is 36.8 Å². The second kappa shape index (κ2) is 5.64. The molecule has 2 aromatic carbocycles. The fourth-order valence-corrected chi connectivity index (χ4v) is 3.33. The summed E-state index contributed by atoms with van der Waals surface area (Å²) in [5, 5.41) is 3.82. The van der Waals surface area contributed by atoms with Crippen LogP contribution in [0.5, 0.6) is 0 Å². The Hall–Kier alpha value is -2.88. The Morgan fingerprint density at radius 1 is 1.00 bits per heavy atom. The van der Waals surface area contributed by atoms with Gasteiger partial charge in [0.05, 0.1) is 5.41 Å². The van der Waals surface area contributed by atoms with Crippen LogP contribution in [0.2, 0.25) is 0 Å². The normalized spacial score (nSPS) is 15.7. The van der Waals surface area contributed by atoms with Gasteiger partial charge in [0.15, 0.2) is 0 Å². The largest absolute Gasteiger partial charge is 0.423 e. The van der Waals surface area contributed by atoms with E-state index in [2.05, 4.69) is 5.32 Å². The average molecular weight is 319 g/mol. The lowest BCUT2D eigenvalue weighted by Crippen LogP contribution is -2.45. The number of anilines is 1. The Labute approximate surface area is 139 Å². The zero-order valence-electron chi connectivity index (χ0n) is 13.1. The number of carbonyl (C=O) groups is 1. The highest BCUT2D eigenvalue weighted by molar-refractivity contribution is 6.01. The maximum atomic E-state index is 12.9. The number of hydrogen-bond donors (Lipinski definition) is 1. The molecule has 4 heteroatoms. The van der Waals surface area contributed by atoms with Crippen LogP contribution in [-0.4, -0.2) is 5.91 Å². The summed E-state index contributed by atoms with van der Waals surface area (Å²) < 4.78 is 5.12. The topological polar surface area (TPSA) is 59.3 Å². The zero-order valence-corrected chi connectivity index (χ0v) is 13.1. The quantitative estimate of drug-likeness (QED) is 0.746. The van der Waals surface area contributed by atoms with Gasteiger partial charge in [0, 0.05) is 17.1 Å². The van der Waals surface area contributed by atoms with Crippen LogP contribution in [0.25, 0.3) is 11.0 Å². The van der Waals surface area contributed by atoms with E-state index >= 15 is 0 Å². The predicted octanol–water partition coefficient (Wildman–Crippen LogP) is 3.85. The number of carbonyl (C=O) groups excluding carboxylic acids is 1. The first-order valence-corrected chi connectivity index (χ1v) is 8.08. The molecule has 0 bridgehead atoms. The first-order valence-electron chi connectivity index (χ1n) is 8.08. The van der Waals surface area contributed by atoms with E-state index in [0.717, 1.165) is 30.2 Å². The molecule has 1 saturated carbocycles. The van der Waals surface area contributed by atoms with E-state index in [1.165, 1.54) is 6.07 Å². The lowest BCUT2D eigenvalue weighted by atomic mass is 9.64. The average Bonchev–Trinajstić information content (AvgIpc) is 2.55. The zero-order chi connectivity index (χ0) is 16.6. The van der Waals surface area contributed by atoms with Crippen LogP contribution in [0.3, 0.4) is 0 Å². The molecule has 1 N–H and O–H groups in total. The standard InChI is InChI=1S/C20H17NO3/c22-18-10-7-14-13-16(8-9-17(14)24-18)21-19(23)20(11-4-12-20)15-5-2-1-3-6-15/h1-3,5-10,13H,4,11-12H2,(H,21,23). The van der Waals surface area contributed by atoms with Gasteiger partial charge in [-0.3, -0.25) is 4.79 Å². The van der Waals surface area contributed by atoms with Crippen LogP contribution in [0, 0.1) is 0 Å². The molecule has 4 nitrogen and oxygen atoms in total. The van der Waals surface area contributed by atoms with Crippen molar-refractivity contribution in [2.75, 3.05) is 5.32 Å². The van der Waals surface area contributed by atoms with Crippen molar-refractivity contribution in [1.29, 1.82) is 0 Å². The van der Waals surface area contributed by atoms with Crippen molar-refractivity contribution < 1.29 is 9.21 Å². The van der Waals surface area contributed by atoms with E-state index in [4.69, 9.17) is 4.42 Å². The van der Waals surface area contributed by atoms with Crippen molar-refractivity contribution in [2.45, 2.75) is 24.7 Å². The van der Waals surface area contributed by atoms with E-state index in [0.29, 0.717) is 11.3 Å². The van der Waals surface area contributed by atoms with Crippen molar-refractivity contribution in [2.24, 2.45) is 0 Å². The molecule has 3 aromatic rings. The van der Waals surface area contributed by atoms with E-state index in [1.54, 1.807) is 18.2 Å². The van der Waals surface area contributed by atoms with E-state index in [-0.39, 0.29) is 11.5 Å². The molecule has 0 spiro atoms. The molecule has 0 saturated heterocycles. The summed E-state index contributed by atoms with van der Waals surface area (Å²) in [7, 11) is 0. The van der Waals surface area contributed by atoms with Crippen LogP contribution >= 0.6 is 0 Å². The summed E-state index contributed by atoms with van der Waals surface area (Å²) in [4.78, 5) is 24.2. The van der Waals surface area contributed by atoms with Gasteiger partial charge in [-0.05, 0) is 42.7 Å². The fourth-order valence-electron chi connectivity index (χ4n) is 3.33. The molecule has 0 unspecified atom stereocenters. The van der Waals surface area contributed by atoms with Crippen LogP contribution in [-0.2, 0) is 10.2 Å². The smallest absolute Gasteiger partial charge is 0.336 e. The van der Waals surface area contributed by atoms with Gasteiger partial charge < -0.3 is 9.73 Å². The van der Waals surface area contributed by atoms with Crippen LogP contribution in [0.15, 0.2) is 69.9 Å². The Kier molecular flexibility index (Phi) is 3.45. The number of hydrogen-bond acceptors (Lipinski definition) is 3. The van der Waals surface area contributed by atoms with Crippen LogP contribution in [0.4, 0.5) is 5.69 Å². The van der Waals surface area contributed by atoms with Crippen molar-refractivity contribution in [3.8, 4) is 0 Å². The van der Waals surface area contributed by atoms with Crippen molar-refractivity contribution in [1.82, 2.24) is 0 Å². The highest BCUT2D eigenvalue weighted by atomic mass is 16.4. The summed E-state index contributed by atoms with van der Waals surface area (Å²) in [6.07, 6.45) is 2.79. The van der Waals surface area contributed by atoms with Crippen molar-refractivity contribution >= 4 is 22.6 Å². The van der Waals surface area contributed by atoms with Gasteiger partial charge in [0.1, 0.15) is 5.58 Å². The molecule has 0 aliphatic heterocycles. The lowest BCUT2D eigenvalue weighted by molar-refractivity contribution is -0.124. The molecule has 4 rings (SSSR count). The number of fused-ring (bicyclic) bond motifs is 1. The first kappa shape index (κ1) is 14.7. The summed E-state index contributed by atoms with van der Waals surface area (Å²) >= 11 is 0. The summed E-state index contributed by atoms with van der Waals surface area (Å²) in [6, 6.07) is 18.3. The lowest BCUT2D eigenvalue weighted by Gasteiger charge is -2.40. The minimum Gasteiger partial charge on any atom is -0.423 e. The molecule has 1 aliphatic rings. The maximum absolute atomic E-state index is 12.9. The fraction of sp³-hybridized carbons (Fsp3) is 0.200. The highest BCUT2D eigenvalue weighted by Crippen LogP contribution is 2.44. The molecule has 0 atom stereocenters. The third-order valence-corrected chi connectivity index (χ3v) is 4.85. The molecule has 0 radical (unpaired) electrons. The summed E-state index contributed by atoms with van der Waals surface area (Å²) in [5.41, 5.74) is 1.49. The van der Waals surface area contributed by atoms with Gasteiger partial charge in [-0.15, -0.1) is 0 Å². The third kappa shape index (κ3) is 2.40. The Morgan fingerprint density at radius 2 is 1.79 bits per heavy atom. The van der Waals surface area contributed by atoms with Crippen LogP contribution < -0.4 is 10.9 Å². The summed E-state index contributed by atoms with van der Waals surface area (Å²) in [6.45, 7) is 0. The van der Waals surface area contributed by atoms with Crippen molar-refractivity contribution in [3.05, 3.63) is 76.6 Å². The van der Waals surface area contributed by atoms with Crippen LogP contribution in [0.1, 0.15) is 24.8 Å². The van der Waals surface area contributed by atoms with Crippen molar-refractivity contribution in [3.63, 3.8) is 0 Å². The second-order valence-corrected chi connectivity index (χ2v) is 6.26. The Morgan fingerprint density at radius 3 is 2.50 bits per heavy atom. The Balaban J connectivity index is 1.64. The number of rotatable bonds is 3. The monoisotopic (exact) mass is 319 g/mol. The Bertz CT molecular complexity index is 955. The second-order valence-electron chi connectivity index (χ2n) is 6.26. The molecule has 24 heavy (non-hydrogen) atoms. The molecule has 1 amide bonds. The molecule has 1 heterocycles. The molecular formula is C20H17NO3. The molecule has 1 aromatic heterocycles. The highest BCUT2D eigenvalue weighted by Gasteiger charge is 2.45.